The lowest BCUT2D eigenvalue weighted by molar-refractivity contribution is -0.136. The highest BCUT2D eigenvalue weighted by Crippen LogP contribution is 2.26. The van der Waals surface area contributed by atoms with Crippen LogP contribution in [0.4, 0.5) is 5.69 Å². The van der Waals surface area contributed by atoms with E-state index >= 15 is 0 Å². The molecule has 140 valence electrons. The van der Waals surface area contributed by atoms with Gasteiger partial charge in [0.05, 0.1) is 16.7 Å². The van der Waals surface area contributed by atoms with E-state index in [-0.39, 0.29) is 36.7 Å². The molecule has 1 atom stereocenters. The maximum Gasteiger partial charge on any atom is 0.241 e. The van der Waals surface area contributed by atoms with E-state index < -0.39 is 6.04 Å². The molecule has 1 aromatic rings. The van der Waals surface area contributed by atoms with Crippen LogP contribution in [0.2, 0.25) is 10.0 Å². The molecule has 6 nitrogen and oxygen atoms in total. The van der Waals surface area contributed by atoms with Crippen LogP contribution in [0.25, 0.3) is 0 Å². The third-order valence-electron chi connectivity index (χ3n) is 4.03. The van der Waals surface area contributed by atoms with Gasteiger partial charge in [0, 0.05) is 31.8 Å². The molecule has 0 aromatic heterocycles. The standard InChI is InChI=1S/C16H21Cl2N3O3.ClH/c1-24-9-14(19)16(23)21-6-4-10(5-7-21)15(22)20-11-2-3-12(17)13(18)8-11;/h2-3,8,10,14H,4-7,9,19H2,1H3,(H,20,22);1H. The Balaban J connectivity index is 0.00000312. The number of carbonyl (C=O) groups excluding carboxylic acids is 2. The molecule has 0 radical (unpaired) electrons. The number of ether oxygens (including phenoxy) is 1. The minimum Gasteiger partial charge on any atom is -0.383 e. The molecule has 0 spiro atoms. The molecule has 0 saturated carbocycles. The van der Waals surface area contributed by atoms with Crippen molar-refractivity contribution in [1.82, 2.24) is 4.90 Å². The molecule has 0 aliphatic carbocycles. The number of hydrogen-bond acceptors (Lipinski definition) is 4. The summed E-state index contributed by atoms with van der Waals surface area (Å²) in [6.45, 7) is 1.21. The van der Waals surface area contributed by atoms with Crippen molar-refractivity contribution in [2.75, 3.05) is 32.1 Å². The largest absolute Gasteiger partial charge is 0.383 e. The Kier molecular flexibility index (Phi) is 8.96. The fraction of sp³-hybridized carbons (Fsp3) is 0.500. The molecule has 1 aliphatic rings. The summed E-state index contributed by atoms with van der Waals surface area (Å²) >= 11 is 11.8. The number of methoxy groups -OCH3 is 1. The Morgan fingerprint density at radius 1 is 1.32 bits per heavy atom. The highest BCUT2D eigenvalue weighted by atomic mass is 35.5. The van der Waals surface area contributed by atoms with E-state index in [2.05, 4.69) is 5.32 Å². The Morgan fingerprint density at radius 3 is 2.52 bits per heavy atom. The molecular weight excluding hydrogens is 389 g/mol. The van der Waals surface area contributed by atoms with Crippen LogP contribution < -0.4 is 11.1 Å². The second kappa shape index (κ2) is 10.2. The van der Waals surface area contributed by atoms with Crippen LogP contribution in [0.15, 0.2) is 18.2 Å². The topological polar surface area (TPSA) is 84.7 Å². The zero-order valence-electron chi connectivity index (χ0n) is 13.8. The minimum absolute atomic E-state index is 0. The van der Waals surface area contributed by atoms with E-state index in [1.165, 1.54) is 7.11 Å². The van der Waals surface area contributed by atoms with Crippen molar-refractivity contribution >= 4 is 53.1 Å². The molecule has 1 heterocycles. The summed E-state index contributed by atoms with van der Waals surface area (Å²) in [6.07, 6.45) is 1.19. The molecule has 0 bridgehead atoms. The van der Waals surface area contributed by atoms with Crippen LogP contribution in [0.1, 0.15) is 12.8 Å². The second-order valence-electron chi connectivity index (χ2n) is 5.78. The Morgan fingerprint density at radius 2 is 1.96 bits per heavy atom. The molecule has 9 heteroatoms. The Bertz CT molecular complexity index is 608. The lowest BCUT2D eigenvalue weighted by atomic mass is 9.95. The number of rotatable bonds is 5. The maximum absolute atomic E-state index is 12.3. The molecular formula is C16H22Cl3N3O3. The van der Waals surface area contributed by atoms with Gasteiger partial charge in [0.2, 0.25) is 11.8 Å². The van der Waals surface area contributed by atoms with Crippen LogP contribution in [0, 0.1) is 5.92 Å². The van der Waals surface area contributed by atoms with Gasteiger partial charge in [-0.1, -0.05) is 23.2 Å². The quantitative estimate of drug-likeness (QED) is 0.781. The number of hydrogen-bond donors (Lipinski definition) is 2. The van der Waals surface area contributed by atoms with Gasteiger partial charge in [-0.05, 0) is 31.0 Å². The van der Waals surface area contributed by atoms with Crippen LogP contribution in [-0.4, -0.2) is 49.6 Å². The number of anilines is 1. The minimum atomic E-state index is -0.656. The molecule has 2 rings (SSSR count). The summed E-state index contributed by atoms with van der Waals surface area (Å²) in [5.41, 5.74) is 6.37. The molecule has 1 unspecified atom stereocenters. The number of nitrogens with one attached hydrogen (secondary N) is 1. The van der Waals surface area contributed by atoms with E-state index in [1.807, 2.05) is 0 Å². The molecule has 2 amide bonds. The van der Waals surface area contributed by atoms with Crippen molar-refractivity contribution in [2.24, 2.45) is 11.7 Å². The smallest absolute Gasteiger partial charge is 0.241 e. The van der Waals surface area contributed by atoms with Crippen molar-refractivity contribution < 1.29 is 14.3 Å². The van der Waals surface area contributed by atoms with Crippen LogP contribution >= 0.6 is 35.6 Å². The van der Waals surface area contributed by atoms with Gasteiger partial charge in [-0.3, -0.25) is 9.59 Å². The summed E-state index contributed by atoms with van der Waals surface area (Å²) in [6, 6.07) is 4.30. The summed E-state index contributed by atoms with van der Waals surface area (Å²) < 4.78 is 4.90. The number of amides is 2. The predicted molar refractivity (Wildman–Crippen MR) is 101 cm³/mol. The first-order chi connectivity index (χ1) is 11.4. The molecule has 1 fully saturated rings. The van der Waals surface area contributed by atoms with Crippen molar-refractivity contribution in [3.05, 3.63) is 28.2 Å². The molecule has 25 heavy (non-hydrogen) atoms. The van der Waals surface area contributed by atoms with Gasteiger partial charge in [-0.2, -0.15) is 0 Å². The van der Waals surface area contributed by atoms with E-state index in [0.29, 0.717) is 41.7 Å². The molecule has 1 aromatic carbocycles. The zero-order chi connectivity index (χ0) is 17.7. The first-order valence-corrected chi connectivity index (χ1v) is 8.47. The van der Waals surface area contributed by atoms with Crippen LogP contribution in [0.5, 0.6) is 0 Å². The molecule has 3 N–H and O–H groups in total. The summed E-state index contributed by atoms with van der Waals surface area (Å²) in [4.78, 5) is 26.1. The average molecular weight is 411 g/mol. The number of carbonyl (C=O) groups is 2. The number of nitrogens with two attached hydrogens (primary N) is 1. The number of likely N-dealkylation sites (tertiary alicyclic amines) is 1. The van der Waals surface area contributed by atoms with E-state index in [1.54, 1.807) is 23.1 Å². The number of benzene rings is 1. The second-order valence-corrected chi connectivity index (χ2v) is 6.59. The summed E-state index contributed by atoms with van der Waals surface area (Å²) in [5, 5.41) is 3.67. The third kappa shape index (κ3) is 6.01. The van der Waals surface area contributed by atoms with Gasteiger partial charge in [0.25, 0.3) is 0 Å². The first kappa shape index (κ1) is 22.0. The lowest BCUT2D eigenvalue weighted by Crippen LogP contribution is -2.49. The SMILES string of the molecule is COCC(N)C(=O)N1CCC(C(=O)Nc2ccc(Cl)c(Cl)c2)CC1.Cl. The average Bonchev–Trinajstić information content (AvgIpc) is 2.58. The molecule has 1 aliphatic heterocycles. The number of piperidine rings is 1. The zero-order valence-corrected chi connectivity index (χ0v) is 16.2. The van der Waals surface area contributed by atoms with E-state index in [4.69, 9.17) is 33.7 Å². The third-order valence-corrected chi connectivity index (χ3v) is 4.77. The first-order valence-electron chi connectivity index (χ1n) is 7.71. The van der Waals surface area contributed by atoms with E-state index in [0.717, 1.165) is 0 Å². The molecule has 1 saturated heterocycles. The summed E-state index contributed by atoms with van der Waals surface area (Å²) in [7, 11) is 1.51. The predicted octanol–water partition coefficient (Wildman–Crippen LogP) is 2.57. The van der Waals surface area contributed by atoms with Crippen molar-refractivity contribution in [3.8, 4) is 0 Å². The highest BCUT2D eigenvalue weighted by Gasteiger charge is 2.29. The van der Waals surface area contributed by atoms with Gasteiger partial charge < -0.3 is 20.7 Å². The van der Waals surface area contributed by atoms with Gasteiger partial charge >= 0.3 is 0 Å². The lowest BCUT2D eigenvalue weighted by Gasteiger charge is -2.32. The fourth-order valence-corrected chi connectivity index (χ4v) is 2.96. The van der Waals surface area contributed by atoms with Crippen molar-refractivity contribution in [3.63, 3.8) is 0 Å². The van der Waals surface area contributed by atoms with E-state index in [9.17, 15) is 9.59 Å². The fourth-order valence-electron chi connectivity index (χ4n) is 2.67. The normalized spacial score (nSPS) is 16.1. The maximum atomic E-state index is 12.3. The van der Waals surface area contributed by atoms with Gasteiger partial charge in [-0.25, -0.2) is 0 Å². The highest BCUT2D eigenvalue weighted by molar-refractivity contribution is 6.42. The van der Waals surface area contributed by atoms with Crippen LogP contribution in [-0.2, 0) is 14.3 Å². The van der Waals surface area contributed by atoms with Crippen molar-refractivity contribution in [2.45, 2.75) is 18.9 Å². The van der Waals surface area contributed by atoms with Gasteiger partial charge in [-0.15, -0.1) is 12.4 Å². The van der Waals surface area contributed by atoms with Gasteiger partial charge in [0.15, 0.2) is 0 Å². The van der Waals surface area contributed by atoms with Crippen molar-refractivity contribution in [1.29, 1.82) is 0 Å². The Labute approximate surface area is 163 Å². The number of halogens is 3. The Hall–Kier alpha value is -1.05. The summed E-state index contributed by atoms with van der Waals surface area (Å²) in [5.74, 6) is -0.371. The monoisotopic (exact) mass is 409 g/mol. The van der Waals surface area contributed by atoms with Crippen LogP contribution in [0.3, 0.4) is 0 Å². The van der Waals surface area contributed by atoms with Gasteiger partial charge in [0.1, 0.15) is 6.04 Å². The number of nitrogens with zero attached hydrogens (tertiary/aromatic N) is 1.